The third-order valence-corrected chi connectivity index (χ3v) is 4.31. The molecule has 0 aromatic heterocycles. The van der Waals surface area contributed by atoms with E-state index in [4.69, 9.17) is 14.6 Å². The van der Waals surface area contributed by atoms with E-state index in [9.17, 15) is 14.4 Å². The first-order chi connectivity index (χ1) is 11.4. The van der Waals surface area contributed by atoms with Gasteiger partial charge in [-0.15, -0.1) is 0 Å². The number of hydrogen-bond donors (Lipinski definition) is 1. The maximum atomic E-state index is 12.0. The van der Waals surface area contributed by atoms with Gasteiger partial charge < -0.3 is 14.6 Å². The van der Waals surface area contributed by atoms with Crippen LogP contribution in [-0.4, -0.2) is 29.4 Å². The molecular weight excluding hydrogens is 312 g/mol. The van der Waals surface area contributed by atoms with Gasteiger partial charge >= 0.3 is 11.9 Å². The minimum atomic E-state index is -0.981. The molecule has 0 radical (unpaired) electrons. The summed E-state index contributed by atoms with van der Waals surface area (Å²) in [4.78, 5) is 34.4. The summed E-state index contributed by atoms with van der Waals surface area (Å²) in [6, 6.07) is 0. The predicted octanol–water partition coefficient (Wildman–Crippen LogP) is 2.74. The van der Waals surface area contributed by atoms with Crippen LogP contribution in [0.3, 0.4) is 0 Å². The molecule has 1 aromatic rings. The Hall–Kier alpha value is -2.37. The van der Waals surface area contributed by atoms with E-state index in [0.29, 0.717) is 24.3 Å². The number of ether oxygens (including phenoxy) is 2. The summed E-state index contributed by atoms with van der Waals surface area (Å²) in [5, 5.41) is 8.65. The van der Waals surface area contributed by atoms with Crippen molar-refractivity contribution >= 4 is 17.7 Å². The lowest BCUT2D eigenvalue weighted by molar-refractivity contribution is -0.138. The van der Waals surface area contributed by atoms with Crippen molar-refractivity contribution in [3.05, 3.63) is 27.8 Å². The molecule has 0 atom stereocenters. The van der Waals surface area contributed by atoms with Gasteiger partial charge in [0.1, 0.15) is 18.1 Å². The van der Waals surface area contributed by atoms with Gasteiger partial charge in [-0.25, -0.2) is 4.79 Å². The lowest BCUT2D eigenvalue weighted by Gasteiger charge is -2.18. The summed E-state index contributed by atoms with van der Waals surface area (Å²) >= 11 is 0. The molecule has 0 amide bonds. The second-order valence-corrected chi connectivity index (χ2v) is 5.85. The first-order valence-electron chi connectivity index (χ1n) is 8.05. The molecule has 0 saturated carbocycles. The van der Waals surface area contributed by atoms with Crippen LogP contribution in [0.25, 0.3) is 0 Å². The van der Waals surface area contributed by atoms with Crippen LogP contribution in [0.5, 0.6) is 5.75 Å². The average molecular weight is 334 g/mol. The molecule has 0 saturated heterocycles. The van der Waals surface area contributed by atoms with E-state index in [-0.39, 0.29) is 37.6 Å². The van der Waals surface area contributed by atoms with Crippen molar-refractivity contribution in [2.75, 3.05) is 6.61 Å². The third-order valence-electron chi connectivity index (χ3n) is 4.31. The van der Waals surface area contributed by atoms with Crippen molar-refractivity contribution in [3.8, 4) is 5.75 Å². The number of cyclic esters (lactones) is 1. The number of benzene rings is 1. The van der Waals surface area contributed by atoms with Crippen LogP contribution in [0.4, 0.5) is 0 Å². The van der Waals surface area contributed by atoms with Gasteiger partial charge in [-0.2, -0.15) is 0 Å². The summed E-state index contributed by atoms with van der Waals surface area (Å²) in [6.45, 7) is 6.34. The van der Waals surface area contributed by atoms with Gasteiger partial charge in [-0.3, -0.25) is 9.59 Å². The number of carboxylic acid groups (broad SMARTS) is 1. The Labute approximate surface area is 140 Å². The van der Waals surface area contributed by atoms with E-state index in [0.717, 1.165) is 22.3 Å². The van der Waals surface area contributed by atoms with Gasteiger partial charge in [0, 0.05) is 18.4 Å². The molecule has 1 aliphatic rings. The Bertz CT molecular complexity index is 689. The lowest BCUT2D eigenvalue weighted by atomic mass is 9.90. The fraction of sp³-hybridized carbons (Fsp3) is 0.500. The van der Waals surface area contributed by atoms with Gasteiger partial charge in [-0.1, -0.05) is 0 Å². The van der Waals surface area contributed by atoms with E-state index in [2.05, 4.69) is 0 Å². The highest BCUT2D eigenvalue weighted by Crippen LogP contribution is 2.38. The van der Waals surface area contributed by atoms with Gasteiger partial charge in [0.05, 0.1) is 18.6 Å². The highest BCUT2D eigenvalue weighted by Gasteiger charge is 2.30. The molecule has 0 bridgehead atoms. The minimum Gasteiger partial charge on any atom is -0.493 e. The van der Waals surface area contributed by atoms with Crippen LogP contribution < -0.4 is 4.74 Å². The molecule has 0 spiro atoms. The van der Waals surface area contributed by atoms with Crippen LogP contribution >= 0.6 is 0 Å². The Balaban J connectivity index is 2.29. The highest BCUT2D eigenvalue weighted by molar-refractivity contribution is 5.96. The number of carbonyl (C=O) groups is 3. The monoisotopic (exact) mass is 334 g/mol. The number of rotatable bonds is 8. The van der Waals surface area contributed by atoms with Crippen LogP contribution in [-0.2, 0) is 27.4 Å². The van der Waals surface area contributed by atoms with Crippen LogP contribution in [0.1, 0.15) is 58.8 Å². The second kappa shape index (κ2) is 7.47. The number of ketones is 1. The summed E-state index contributed by atoms with van der Waals surface area (Å²) in [7, 11) is 0. The smallest absolute Gasteiger partial charge is 0.339 e. The predicted molar refractivity (Wildman–Crippen MR) is 86.4 cm³/mol. The molecule has 0 aliphatic carbocycles. The average Bonchev–Trinajstić information content (AvgIpc) is 2.92. The van der Waals surface area contributed by atoms with E-state index in [1.165, 1.54) is 0 Å². The van der Waals surface area contributed by atoms with Crippen molar-refractivity contribution in [1.82, 2.24) is 0 Å². The highest BCUT2D eigenvalue weighted by atomic mass is 16.5. The molecule has 6 nitrogen and oxygen atoms in total. The zero-order chi connectivity index (χ0) is 17.9. The topological polar surface area (TPSA) is 89.9 Å². The first kappa shape index (κ1) is 18.0. The molecule has 6 heteroatoms. The van der Waals surface area contributed by atoms with Crippen molar-refractivity contribution in [2.24, 2.45) is 0 Å². The zero-order valence-electron chi connectivity index (χ0n) is 14.2. The lowest BCUT2D eigenvalue weighted by Crippen LogP contribution is -2.10. The van der Waals surface area contributed by atoms with Crippen molar-refractivity contribution in [2.45, 2.75) is 53.1 Å². The number of aliphatic carboxylic acids is 1. The molecule has 1 aromatic carbocycles. The molecule has 0 fully saturated rings. The first-order valence-corrected chi connectivity index (χ1v) is 8.05. The number of carbonyl (C=O) groups excluding carboxylic acids is 2. The van der Waals surface area contributed by atoms with Crippen LogP contribution in [0, 0.1) is 13.8 Å². The van der Waals surface area contributed by atoms with E-state index in [1.807, 2.05) is 20.8 Å². The molecule has 130 valence electrons. The summed E-state index contributed by atoms with van der Waals surface area (Å²) < 4.78 is 10.9. The summed E-state index contributed by atoms with van der Waals surface area (Å²) in [5.41, 5.74) is 3.91. The summed E-state index contributed by atoms with van der Waals surface area (Å²) in [6.07, 6.45) is 0.498. The van der Waals surface area contributed by atoms with Crippen molar-refractivity contribution < 1.29 is 29.0 Å². The van der Waals surface area contributed by atoms with Crippen molar-refractivity contribution in [3.63, 3.8) is 0 Å². The number of carboxylic acids is 1. The normalized spacial score (nSPS) is 12.7. The molecular formula is C18H22O6. The van der Waals surface area contributed by atoms with E-state index in [1.54, 1.807) is 0 Å². The van der Waals surface area contributed by atoms with Crippen LogP contribution in [0.15, 0.2) is 0 Å². The number of hydrogen-bond acceptors (Lipinski definition) is 5. The Morgan fingerprint density at radius 2 is 1.88 bits per heavy atom. The quantitative estimate of drug-likeness (QED) is 0.735. The molecule has 2 rings (SSSR count). The minimum absolute atomic E-state index is 0.0182. The molecule has 24 heavy (non-hydrogen) atoms. The zero-order valence-corrected chi connectivity index (χ0v) is 14.2. The number of fused-ring (bicyclic) bond motifs is 1. The van der Waals surface area contributed by atoms with Gasteiger partial charge in [0.15, 0.2) is 0 Å². The van der Waals surface area contributed by atoms with E-state index < -0.39 is 5.97 Å². The molecule has 1 heterocycles. The number of Topliss-reactive ketones (excluding diaryl/α,β-unsaturated/α-hetero) is 1. The Kier molecular flexibility index (Phi) is 5.59. The van der Waals surface area contributed by atoms with Crippen LogP contribution in [0.2, 0.25) is 0 Å². The maximum Gasteiger partial charge on any atom is 0.339 e. The Morgan fingerprint density at radius 3 is 2.50 bits per heavy atom. The maximum absolute atomic E-state index is 12.0. The van der Waals surface area contributed by atoms with E-state index >= 15 is 0 Å². The van der Waals surface area contributed by atoms with Gasteiger partial charge in [0.25, 0.3) is 0 Å². The fourth-order valence-corrected chi connectivity index (χ4v) is 3.04. The van der Waals surface area contributed by atoms with Gasteiger partial charge in [0.2, 0.25) is 0 Å². The SMILES string of the molecule is CCOc1c(C)c2c(c(C)c1CCC(=O)CCC(=O)O)C(=O)OC2. The standard InChI is InChI=1S/C18H22O6/c1-4-23-17-11(3)14-9-24-18(22)16(14)10(2)13(17)7-5-12(19)6-8-15(20)21/h4-9H2,1-3H3,(H,20,21). The molecule has 1 aliphatic heterocycles. The molecule has 1 N–H and O–H groups in total. The van der Waals surface area contributed by atoms with Gasteiger partial charge in [-0.05, 0) is 43.9 Å². The van der Waals surface area contributed by atoms with Crippen molar-refractivity contribution in [1.29, 1.82) is 0 Å². The summed E-state index contributed by atoms with van der Waals surface area (Å²) in [5.74, 6) is -0.726. The fourth-order valence-electron chi connectivity index (χ4n) is 3.04. The Morgan fingerprint density at radius 1 is 1.17 bits per heavy atom. The molecule has 0 unspecified atom stereocenters. The second-order valence-electron chi connectivity index (χ2n) is 5.85. The number of esters is 1. The largest absolute Gasteiger partial charge is 0.493 e. The third kappa shape index (κ3) is 3.58.